The molecule has 0 aliphatic heterocycles. The maximum Gasteiger partial charge on any atom is 0.225 e. The molecule has 2 aromatic rings. The van der Waals surface area contributed by atoms with Crippen LogP contribution in [0.1, 0.15) is 24.0 Å². The van der Waals surface area contributed by atoms with E-state index >= 15 is 0 Å². The van der Waals surface area contributed by atoms with Gasteiger partial charge in [-0.1, -0.05) is 29.8 Å². The molecule has 0 radical (unpaired) electrons. The second-order valence-corrected chi connectivity index (χ2v) is 5.35. The molecule has 6 heteroatoms. The van der Waals surface area contributed by atoms with E-state index in [2.05, 4.69) is 15.5 Å². The molecule has 0 spiro atoms. The van der Waals surface area contributed by atoms with E-state index < -0.39 is 0 Å². The van der Waals surface area contributed by atoms with Crippen molar-refractivity contribution in [1.29, 1.82) is 0 Å². The van der Waals surface area contributed by atoms with E-state index in [4.69, 9.17) is 16.3 Å². The lowest BCUT2D eigenvalue weighted by Crippen LogP contribution is -2.14. The zero-order valence-corrected chi connectivity index (χ0v) is 13.4. The summed E-state index contributed by atoms with van der Waals surface area (Å²) in [5.74, 6) is 1.17. The van der Waals surface area contributed by atoms with Crippen LogP contribution >= 0.6 is 11.6 Å². The molecule has 1 aromatic carbocycles. The molecular weight excluding hydrogens is 302 g/mol. The van der Waals surface area contributed by atoms with Crippen LogP contribution in [0.3, 0.4) is 0 Å². The summed E-state index contributed by atoms with van der Waals surface area (Å²) in [4.78, 5) is 11.8. The van der Waals surface area contributed by atoms with Gasteiger partial charge >= 0.3 is 0 Å². The lowest BCUT2D eigenvalue weighted by Gasteiger charge is -2.11. The number of carbonyl (C=O) groups is 1. The summed E-state index contributed by atoms with van der Waals surface area (Å²) in [7, 11) is 0. The molecule has 1 amide bonds. The van der Waals surface area contributed by atoms with E-state index in [-0.39, 0.29) is 5.91 Å². The van der Waals surface area contributed by atoms with E-state index in [1.54, 1.807) is 12.1 Å². The van der Waals surface area contributed by atoms with Crippen molar-refractivity contribution in [2.24, 2.45) is 0 Å². The van der Waals surface area contributed by atoms with Crippen molar-refractivity contribution in [1.82, 2.24) is 10.2 Å². The number of ether oxygens (including phenoxy) is 1. The van der Waals surface area contributed by atoms with Crippen LogP contribution in [0.15, 0.2) is 30.3 Å². The molecule has 0 aliphatic carbocycles. The maximum absolute atomic E-state index is 11.8. The first kappa shape index (κ1) is 16.2. The van der Waals surface area contributed by atoms with Crippen LogP contribution in [0.25, 0.3) is 0 Å². The fourth-order valence-corrected chi connectivity index (χ4v) is 2.12. The number of anilines is 1. The minimum Gasteiger partial charge on any atom is -0.493 e. The van der Waals surface area contributed by atoms with E-state index in [0.29, 0.717) is 30.4 Å². The summed E-state index contributed by atoms with van der Waals surface area (Å²) in [6, 6.07) is 9.20. The fourth-order valence-electron chi connectivity index (χ4n) is 2.02. The van der Waals surface area contributed by atoms with Crippen LogP contribution in [0, 0.1) is 13.8 Å². The highest BCUT2D eigenvalue weighted by Gasteiger charge is 2.06. The number of hydrogen-bond donors (Lipinski definition) is 1. The van der Waals surface area contributed by atoms with E-state index in [1.165, 1.54) is 0 Å². The van der Waals surface area contributed by atoms with Crippen molar-refractivity contribution in [3.63, 3.8) is 0 Å². The number of aryl methyl sites for hydroxylation is 2. The molecule has 1 heterocycles. The molecular formula is C16H18ClN3O2. The summed E-state index contributed by atoms with van der Waals surface area (Å²) in [6.07, 6.45) is 0.982. The van der Waals surface area contributed by atoms with Gasteiger partial charge in [-0.15, -0.1) is 10.2 Å². The molecule has 0 saturated carbocycles. The Morgan fingerprint density at radius 3 is 2.55 bits per heavy atom. The highest BCUT2D eigenvalue weighted by Crippen LogP contribution is 2.22. The number of nitrogens with zero attached hydrogens (tertiary/aromatic N) is 2. The Morgan fingerprint density at radius 2 is 1.91 bits per heavy atom. The van der Waals surface area contributed by atoms with E-state index in [1.807, 2.05) is 32.0 Å². The first-order valence-corrected chi connectivity index (χ1v) is 7.42. The Kier molecular flexibility index (Phi) is 5.72. The number of hydrogen-bond acceptors (Lipinski definition) is 4. The van der Waals surface area contributed by atoms with Gasteiger partial charge in [-0.05, 0) is 43.5 Å². The van der Waals surface area contributed by atoms with Crippen molar-refractivity contribution < 1.29 is 9.53 Å². The smallest absolute Gasteiger partial charge is 0.225 e. The fraction of sp³-hybridized carbons (Fsp3) is 0.312. The predicted octanol–water partition coefficient (Wildman–Crippen LogP) is 3.54. The molecule has 116 valence electrons. The first-order valence-electron chi connectivity index (χ1n) is 7.04. The van der Waals surface area contributed by atoms with E-state index in [0.717, 1.165) is 16.9 Å². The minimum absolute atomic E-state index is 0.123. The molecule has 2 rings (SSSR count). The molecule has 0 unspecified atom stereocenters. The number of nitrogens with one attached hydrogen (secondary N) is 1. The number of carbonyl (C=O) groups excluding carboxylic acids is 1. The van der Waals surface area contributed by atoms with Crippen molar-refractivity contribution in [3.8, 4) is 5.75 Å². The van der Waals surface area contributed by atoms with Crippen molar-refractivity contribution in [3.05, 3.63) is 46.6 Å². The van der Waals surface area contributed by atoms with Gasteiger partial charge in [0.25, 0.3) is 0 Å². The standard InChI is InChI=1S/C16H18ClN3O2/c1-11-5-3-6-12(2)16(11)22-10-4-7-15(21)18-14-9-8-13(17)19-20-14/h3,5-6,8-9H,4,7,10H2,1-2H3,(H,18,20,21). The van der Waals surface area contributed by atoms with Gasteiger partial charge in [-0.2, -0.15) is 0 Å². The predicted molar refractivity (Wildman–Crippen MR) is 86.3 cm³/mol. The molecule has 0 fully saturated rings. The third-order valence-electron chi connectivity index (χ3n) is 3.10. The van der Waals surface area contributed by atoms with Gasteiger partial charge in [0.15, 0.2) is 11.0 Å². The molecule has 0 atom stereocenters. The summed E-state index contributed by atoms with van der Waals surface area (Å²) < 4.78 is 5.76. The van der Waals surface area contributed by atoms with Gasteiger partial charge in [-0.25, -0.2) is 0 Å². The first-order chi connectivity index (χ1) is 10.6. The van der Waals surface area contributed by atoms with Gasteiger partial charge in [0.05, 0.1) is 6.61 Å². The van der Waals surface area contributed by atoms with Gasteiger partial charge in [0.2, 0.25) is 5.91 Å². The molecule has 0 aliphatic rings. The van der Waals surface area contributed by atoms with Gasteiger partial charge in [-0.3, -0.25) is 4.79 Å². The molecule has 1 aromatic heterocycles. The second kappa shape index (κ2) is 7.75. The normalized spacial score (nSPS) is 10.3. The number of halogens is 1. The molecule has 0 bridgehead atoms. The average Bonchev–Trinajstić information content (AvgIpc) is 2.48. The molecule has 5 nitrogen and oxygen atoms in total. The average molecular weight is 320 g/mol. The molecule has 22 heavy (non-hydrogen) atoms. The Labute approximate surface area is 134 Å². The number of amides is 1. The zero-order chi connectivity index (χ0) is 15.9. The van der Waals surface area contributed by atoms with Gasteiger partial charge in [0, 0.05) is 6.42 Å². The molecule has 1 N–H and O–H groups in total. The van der Waals surface area contributed by atoms with Crippen LogP contribution in [0.4, 0.5) is 5.82 Å². The minimum atomic E-state index is -0.123. The highest BCUT2D eigenvalue weighted by atomic mass is 35.5. The number of benzene rings is 1. The largest absolute Gasteiger partial charge is 0.493 e. The number of rotatable bonds is 6. The summed E-state index contributed by atoms with van der Waals surface area (Å²) in [6.45, 7) is 4.51. The summed E-state index contributed by atoms with van der Waals surface area (Å²) in [5, 5.41) is 10.4. The lowest BCUT2D eigenvalue weighted by molar-refractivity contribution is -0.116. The monoisotopic (exact) mass is 319 g/mol. The lowest BCUT2D eigenvalue weighted by atomic mass is 10.1. The zero-order valence-electron chi connectivity index (χ0n) is 12.6. The van der Waals surface area contributed by atoms with Crippen molar-refractivity contribution >= 4 is 23.3 Å². The van der Waals surface area contributed by atoms with Crippen LogP contribution in [-0.4, -0.2) is 22.7 Å². The Hall–Kier alpha value is -2.14. The SMILES string of the molecule is Cc1cccc(C)c1OCCCC(=O)Nc1ccc(Cl)nn1. The summed E-state index contributed by atoms with van der Waals surface area (Å²) >= 11 is 5.63. The topological polar surface area (TPSA) is 64.1 Å². The quantitative estimate of drug-likeness (QED) is 0.827. The third kappa shape index (κ3) is 4.70. The Bertz CT molecular complexity index is 624. The second-order valence-electron chi connectivity index (χ2n) is 4.96. The highest BCUT2D eigenvalue weighted by molar-refractivity contribution is 6.29. The number of para-hydroxylation sites is 1. The van der Waals surface area contributed by atoms with E-state index in [9.17, 15) is 4.79 Å². The Morgan fingerprint density at radius 1 is 1.18 bits per heavy atom. The Balaban J connectivity index is 1.74. The third-order valence-corrected chi connectivity index (χ3v) is 3.30. The maximum atomic E-state index is 11.8. The van der Waals surface area contributed by atoms with Crippen LogP contribution in [0.5, 0.6) is 5.75 Å². The van der Waals surface area contributed by atoms with Gasteiger partial charge < -0.3 is 10.1 Å². The van der Waals surface area contributed by atoms with Crippen LogP contribution in [-0.2, 0) is 4.79 Å². The van der Waals surface area contributed by atoms with Crippen molar-refractivity contribution in [2.45, 2.75) is 26.7 Å². The summed E-state index contributed by atoms with van der Waals surface area (Å²) in [5.41, 5.74) is 2.20. The molecule has 0 saturated heterocycles. The van der Waals surface area contributed by atoms with Crippen LogP contribution in [0.2, 0.25) is 5.15 Å². The van der Waals surface area contributed by atoms with Gasteiger partial charge in [0.1, 0.15) is 5.75 Å². The van der Waals surface area contributed by atoms with Crippen molar-refractivity contribution in [2.75, 3.05) is 11.9 Å². The van der Waals surface area contributed by atoms with Crippen LogP contribution < -0.4 is 10.1 Å². The number of aromatic nitrogens is 2.